The average molecular weight is 1230 g/mol. The summed E-state index contributed by atoms with van der Waals surface area (Å²) in [6, 6.07) is 42.6. The lowest BCUT2D eigenvalue weighted by Gasteiger charge is -2.31. The third-order valence-electron chi connectivity index (χ3n) is 15.0. The highest BCUT2D eigenvalue weighted by molar-refractivity contribution is 6.33. The zero-order valence-electron chi connectivity index (χ0n) is 67.5. The largest absolute Gasteiger partial charge is 0.456 e. The van der Waals surface area contributed by atoms with E-state index in [1.807, 2.05) is 97.1 Å². The molecule has 2 N–H and O–H groups in total. The van der Waals surface area contributed by atoms with E-state index < -0.39 is 142 Å². The summed E-state index contributed by atoms with van der Waals surface area (Å²) in [7, 11) is 5.87. The van der Waals surface area contributed by atoms with Gasteiger partial charge in [-0.25, -0.2) is 19.9 Å². The zero-order chi connectivity index (χ0) is 79.0. The Hall–Kier alpha value is -10.9. The van der Waals surface area contributed by atoms with E-state index in [2.05, 4.69) is 44.2 Å². The van der Waals surface area contributed by atoms with Crippen LogP contribution in [-0.2, 0) is 0 Å². The summed E-state index contributed by atoms with van der Waals surface area (Å²) in [6.07, 6.45) is 0. The van der Waals surface area contributed by atoms with Crippen molar-refractivity contribution in [2.75, 3.05) is 0 Å². The lowest BCUT2D eigenvalue weighted by molar-refractivity contribution is -0.107. The molecule has 12 aromatic carbocycles. The van der Waals surface area contributed by atoms with Gasteiger partial charge in [-0.2, -0.15) is 9.97 Å². The van der Waals surface area contributed by atoms with E-state index >= 15 is 0 Å². The fraction of sp³-hybridized carbons (Fsp3) is 0.0750. The van der Waals surface area contributed by atoms with Gasteiger partial charge in [-0.05, 0) is 120 Å². The summed E-state index contributed by atoms with van der Waals surface area (Å²) >= 11 is 6.06. The van der Waals surface area contributed by atoms with Crippen LogP contribution in [0, 0.1) is 0 Å². The van der Waals surface area contributed by atoms with Gasteiger partial charge in [-0.3, -0.25) is 0 Å². The molecule has 4 heterocycles. The van der Waals surface area contributed by atoms with Gasteiger partial charge < -0.3 is 19.7 Å². The number of benzene rings is 12. The standard InChI is InChI=1S/C37H23N3O.C21H14ClN3.C16H9BO.C6H14O2/c1-3-9-24(10-4-1)25-17-19-28(20-18-25)36-38-35(27-11-5-2-6-12-27)39-37(40-36)29-21-22-32-31(23-29)30-15-7-13-26-14-8-16-33(41-32)34(26)30;22-21-24-19(17-9-5-2-6-10-17)23-20(25-21)18-13-11-16(12-14-18)15-7-3-1-4-8-15;17-11-7-8-14-13(9-11)12-5-1-3-10-4-2-6-15(18-14)16(10)12;1-5(2,7)6(3,4)8/h1-23H;1-14H;1-9H;7-8H,1-4H3/i1D,3D,4D,9D,10D,17D,18D,19D,20D;1D,3D,4D,7D,8D,11D,12D,13D,14D;;. The van der Waals surface area contributed by atoms with E-state index in [4.69, 9.17) is 73.8 Å². The van der Waals surface area contributed by atoms with Crippen LogP contribution in [0.2, 0.25) is 5.28 Å². The molecule has 444 valence electrons. The van der Waals surface area contributed by atoms with E-state index in [-0.39, 0.29) is 45.5 Å². The summed E-state index contributed by atoms with van der Waals surface area (Å²) in [5, 5.41) is 22.4. The third-order valence-corrected chi connectivity index (χ3v) is 15.2. The van der Waals surface area contributed by atoms with Crippen molar-refractivity contribution in [1.82, 2.24) is 29.9 Å². The van der Waals surface area contributed by atoms with Crippen molar-refractivity contribution in [3.05, 3.63) is 284 Å². The Morgan fingerprint density at radius 3 is 1.14 bits per heavy atom. The van der Waals surface area contributed by atoms with Gasteiger partial charge in [0.05, 0.1) is 35.9 Å². The molecule has 0 atom stereocenters. The molecule has 0 aliphatic carbocycles. The first-order valence-corrected chi connectivity index (χ1v) is 29.1. The molecule has 14 aromatic rings. The van der Waals surface area contributed by atoms with Crippen LogP contribution in [0.15, 0.2) is 279 Å². The number of rotatable bonds is 8. The Bertz CT molecular complexity index is 5980. The maximum atomic E-state index is 9.10. The second kappa shape index (κ2) is 25.9. The van der Waals surface area contributed by atoms with E-state index in [0.717, 1.165) is 55.6 Å². The quantitative estimate of drug-likeness (QED) is 0.142. The summed E-state index contributed by atoms with van der Waals surface area (Å²) in [6.45, 7) is 6.31. The molecule has 0 fully saturated rings. The molecule has 12 heteroatoms. The SMILES string of the molecule is CC(C)(O)C(C)(C)O.[2H]c1c([2H])c([2H])c(-c2c([2H])c([2H])c(-c3nc(-c4ccccc4)nc(-c4ccc5c(c4)-c4cccc6cccc(c46)O5)n3)c([2H])c2[2H])c([2H])c1[2H].[2H]c1c([2H])c([2H])c(-c2c([2H])c([2H])c(-c3nc(Cl)nc(-c4ccccc4)n3)c([2H])c2[2H])c([2H])c1[2H].[B]c1ccc2c(c1)-c1cccc3cccc(c13)O2. The van der Waals surface area contributed by atoms with Crippen molar-refractivity contribution < 1.29 is 44.4 Å². The van der Waals surface area contributed by atoms with E-state index in [1.54, 1.807) is 76.2 Å². The van der Waals surface area contributed by atoms with Crippen LogP contribution in [0.4, 0.5) is 0 Å². The first-order chi connectivity index (χ1) is 52.2. The van der Waals surface area contributed by atoms with Crippen molar-refractivity contribution in [2.24, 2.45) is 0 Å². The monoisotopic (exact) mass is 1230 g/mol. The average Bonchev–Trinajstić information content (AvgIpc) is 0.747. The van der Waals surface area contributed by atoms with Crippen molar-refractivity contribution >= 4 is 46.5 Å². The first-order valence-electron chi connectivity index (χ1n) is 37.7. The Morgan fingerprint density at radius 1 is 0.337 bits per heavy atom. The van der Waals surface area contributed by atoms with Crippen molar-refractivity contribution in [3.63, 3.8) is 0 Å². The topological polar surface area (TPSA) is 136 Å². The molecule has 2 aromatic heterocycles. The molecular weight excluding hydrogens is 1160 g/mol. The molecule has 0 bridgehead atoms. The van der Waals surface area contributed by atoms with Crippen molar-refractivity contribution in [1.29, 1.82) is 0 Å². The first kappa shape index (κ1) is 42.1. The molecule has 0 amide bonds. The van der Waals surface area contributed by atoms with Gasteiger partial charge in [-0.1, -0.05) is 248 Å². The Balaban J connectivity index is 0.000000151. The van der Waals surface area contributed by atoms with Crippen LogP contribution in [0.25, 0.3) is 123 Å². The van der Waals surface area contributed by atoms with Gasteiger partial charge in [0.2, 0.25) is 5.28 Å². The number of fused-ring (bicyclic) bond motifs is 4. The molecular formula is C80H60BClN6O4. The van der Waals surface area contributed by atoms with E-state index in [9.17, 15) is 0 Å². The van der Waals surface area contributed by atoms with Crippen molar-refractivity contribution in [3.8, 4) is 124 Å². The number of aromatic nitrogens is 6. The Kier molecular flexibility index (Phi) is 11.8. The lowest BCUT2D eigenvalue weighted by Crippen LogP contribution is -2.44. The fourth-order valence-electron chi connectivity index (χ4n) is 9.64. The number of aliphatic hydroxyl groups is 2. The number of nitrogens with zero attached hydrogens (tertiary/aromatic N) is 6. The van der Waals surface area contributed by atoms with Crippen LogP contribution in [0.3, 0.4) is 0 Å². The third kappa shape index (κ3) is 13.1. The summed E-state index contributed by atoms with van der Waals surface area (Å²) in [5.74, 6) is 3.50. The Morgan fingerprint density at radius 2 is 0.696 bits per heavy atom. The molecule has 0 unspecified atom stereocenters. The molecule has 2 aliphatic rings. The van der Waals surface area contributed by atoms with Gasteiger partial charge in [0.25, 0.3) is 0 Å². The highest BCUT2D eigenvalue weighted by Crippen LogP contribution is 2.48. The molecule has 2 aliphatic heterocycles. The van der Waals surface area contributed by atoms with Crippen molar-refractivity contribution in [2.45, 2.75) is 38.9 Å². The number of hydrogen-bond donors (Lipinski definition) is 2. The van der Waals surface area contributed by atoms with Gasteiger partial charge in [-0.15, -0.1) is 0 Å². The molecule has 10 nitrogen and oxygen atoms in total. The van der Waals surface area contributed by atoms with Crippen LogP contribution in [0.5, 0.6) is 23.0 Å². The minimum Gasteiger partial charge on any atom is -0.456 e. The van der Waals surface area contributed by atoms with E-state index in [0.29, 0.717) is 22.4 Å². The number of hydrogen-bond acceptors (Lipinski definition) is 10. The molecule has 16 rings (SSSR count). The van der Waals surface area contributed by atoms with E-state index in [1.165, 1.54) is 10.9 Å². The molecule has 0 saturated carbocycles. The molecule has 92 heavy (non-hydrogen) atoms. The molecule has 0 saturated heterocycles. The fourth-order valence-corrected chi connectivity index (χ4v) is 9.80. The number of ether oxygens (including phenoxy) is 2. The number of halogens is 1. The minimum atomic E-state index is -1.01. The Labute approximate surface area is 565 Å². The predicted octanol–water partition coefficient (Wildman–Crippen LogP) is 18.9. The molecule has 2 radical (unpaired) electrons. The summed E-state index contributed by atoms with van der Waals surface area (Å²) in [5.41, 5.74) is 2.46. The predicted molar refractivity (Wildman–Crippen MR) is 373 cm³/mol. The van der Waals surface area contributed by atoms with Gasteiger partial charge >= 0.3 is 0 Å². The lowest BCUT2D eigenvalue weighted by atomic mass is 9.89. The van der Waals surface area contributed by atoms with Gasteiger partial charge in [0, 0.05) is 49.7 Å². The van der Waals surface area contributed by atoms with Crippen LogP contribution in [-0.4, -0.2) is 59.2 Å². The van der Waals surface area contributed by atoms with Crippen LogP contribution >= 0.6 is 11.6 Å². The van der Waals surface area contributed by atoms with Gasteiger partial charge in [0.1, 0.15) is 30.8 Å². The second-order valence-corrected chi connectivity index (χ2v) is 22.2. The highest BCUT2D eigenvalue weighted by Gasteiger charge is 2.32. The molecule has 0 spiro atoms. The smallest absolute Gasteiger partial charge is 0.226 e. The second-order valence-electron chi connectivity index (χ2n) is 21.9. The van der Waals surface area contributed by atoms with Crippen LogP contribution < -0.4 is 14.9 Å². The normalized spacial score (nSPS) is 14.4. The maximum absolute atomic E-state index is 9.10. The zero-order valence-corrected chi connectivity index (χ0v) is 50.3. The van der Waals surface area contributed by atoms with Crippen LogP contribution in [0.1, 0.15) is 52.4 Å². The van der Waals surface area contributed by atoms with Gasteiger partial charge in [0.15, 0.2) is 29.1 Å². The summed E-state index contributed by atoms with van der Waals surface area (Å²) < 4.78 is 163. The highest BCUT2D eigenvalue weighted by atomic mass is 35.5. The minimum absolute atomic E-state index is 0.125. The summed E-state index contributed by atoms with van der Waals surface area (Å²) in [4.78, 5) is 26.4. The maximum Gasteiger partial charge on any atom is 0.226 e.